The largest absolute Gasteiger partial charge is 0.356 e. The molecule has 3 atom stereocenters. The Morgan fingerprint density at radius 1 is 1.03 bits per heavy atom. The molecule has 0 bridgehead atoms. The van der Waals surface area contributed by atoms with E-state index in [9.17, 15) is 14.4 Å². The highest BCUT2D eigenvalue weighted by atomic mass is 32.2. The zero-order chi connectivity index (χ0) is 27.9. The summed E-state index contributed by atoms with van der Waals surface area (Å²) >= 11 is 1.90. The Hall–Kier alpha value is -2.66. The van der Waals surface area contributed by atoms with Crippen molar-refractivity contribution in [2.75, 3.05) is 18.8 Å². The third-order valence-electron chi connectivity index (χ3n) is 6.70. The molecule has 7 nitrogen and oxygen atoms in total. The first-order valence-corrected chi connectivity index (χ1v) is 14.8. The van der Waals surface area contributed by atoms with Gasteiger partial charge in [0.05, 0.1) is 12.1 Å². The van der Waals surface area contributed by atoms with Gasteiger partial charge in [-0.05, 0) is 63.1 Å². The molecule has 2 heterocycles. The summed E-state index contributed by atoms with van der Waals surface area (Å²) in [5.41, 5.74) is 2.20. The van der Waals surface area contributed by atoms with Gasteiger partial charge >= 0.3 is 6.03 Å². The number of fused-ring (bicyclic) bond motifs is 1. The molecule has 3 rings (SSSR count). The van der Waals surface area contributed by atoms with E-state index in [-0.39, 0.29) is 40.8 Å². The second-order valence-electron chi connectivity index (χ2n) is 12.3. The van der Waals surface area contributed by atoms with Gasteiger partial charge in [-0.2, -0.15) is 11.8 Å². The van der Waals surface area contributed by atoms with Gasteiger partial charge in [0, 0.05) is 47.1 Å². The van der Waals surface area contributed by atoms with Crippen LogP contribution in [0, 0.1) is 17.3 Å². The second kappa shape index (κ2) is 12.9. The van der Waals surface area contributed by atoms with Gasteiger partial charge < -0.3 is 21.3 Å². The quantitative estimate of drug-likeness (QED) is 0.202. The van der Waals surface area contributed by atoms with Crippen molar-refractivity contribution in [3.05, 3.63) is 34.9 Å². The highest BCUT2D eigenvalue weighted by Crippen LogP contribution is 2.33. The summed E-state index contributed by atoms with van der Waals surface area (Å²) in [5, 5.41) is 12.4. The Morgan fingerprint density at radius 2 is 1.76 bits per heavy atom. The van der Waals surface area contributed by atoms with Crippen LogP contribution >= 0.6 is 11.8 Å². The Bertz CT molecular complexity index is 1080. The maximum Gasteiger partial charge on any atom is 0.315 e. The minimum absolute atomic E-state index is 0.0456. The molecule has 2 aliphatic rings. The van der Waals surface area contributed by atoms with Crippen molar-refractivity contribution < 1.29 is 14.4 Å². The number of carbonyl (C=O) groups excluding carboxylic acids is 3. The summed E-state index contributed by atoms with van der Waals surface area (Å²) < 4.78 is 0. The number of benzene rings is 1. The standard InChI is InChI=1S/C30H44N4O3S/c1-29(2,3)15-14-20-12-13-22(30(4,5)6)21(18-20)27(36)32-17-9-16-31-25(35)11-8-7-10-24-26-23(19-38-24)33-28(37)34-26/h12-13,18,23-24,26H,7-11,16-17,19H2,1-6H3,(H,31,35)(H,32,36)(H2,33,34,37). The smallest absolute Gasteiger partial charge is 0.315 e. The molecule has 0 saturated carbocycles. The summed E-state index contributed by atoms with van der Waals surface area (Å²) in [6.07, 6.45) is 3.98. The minimum atomic E-state index is -0.170. The van der Waals surface area contributed by atoms with Crippen molar-refractivity contribution in [3.63, 3.8) is 0 Å². The van der Waals surface area contributed by atoms with Crippen LogP contribution in [-0.2, 0) is 10.2 Å². The lowest BCUT2D eigenvalue weighted by Crippen LogP contribution is -2.36. The molecule has 2 saturated heterocycles. The maximum atomic E-state index is 13.1. The molecule has 0 aliphatic carbocycles. The van der Waals surface area contributed by atoms with E-state index >= 15 is 0 Å². The molecule has 0 aromatic heterocycles. The zero-order valence-electron chi connectivity index (χ0n) is 23.8. The Kier molecular flexibility index (Phi) is 10.2. The van der Waals surface area contributed by atoms with Crippen LogP contribution < -0.4 is 21.3 Å². The molecule has 38 heavy (non-hydrogen) atoms. The van der Waals surface area contributed by atoms with Crippen LogP contribution in [-0.4, -0.2) is 54.0 Å². The number of amides is 4. The van der Waals surface area contributed by atoms with Crippen LogP contribution in [0.2, 0.25) is 0 Å². The first-order chi connectivity index (χ1) is 17.8. The van der Waals surface area contributed by atoms with E-state index in [0.717, 1.165) is 36.1 Å². The summed E-state index contributed by atoms with van der Waals surface area (Å²) in [6, 6.07) is 6.28. The first-order valence-electron chi connectivity index (χ1n) is 13.7. The SMILES string of the molecule is CC(C)(C)C#Cc1ccc(C(C)(C)C)c(C(=O)NCCCNC(=O)CCCCC2SCC3NC(=O)NC32)c1. The van der Waals surface area contributed by atoms with Crippen LogP contribution in [0.4, 0.5) is 4.79 Å². The predicted molar refractivity (Wildman–Crippen MR) is 155 cm³/mol. The third-order valence-corrected chi connectivity index (χ3v) is 8.20. The van der Waals surface area contributed by atoms with Crippen molar-refractivity contribution in [2.45, 2.75) is 96.4 Å². The first kappa shape index (κ1) is 29.9. The molecule has 0 spiro atoms. The average Bonchev–Trinajstić information content (AvgIpc) is 3.38. The van der Waals surface area contributed by atoms with E-state index in [1.807, 2.05) is 30.0 Å². The molecular weight excluding hydrogens is 496 g/mol. The van der Waals surface area contributed by atoms with Crippen molar-refractivity contribution in [1.82, 2.24) is 21.3 Å². The molecular formula is C30H44N4O3S. The van der Waals surface area contributed by atoms with Gasteiger partial charge in [0.15, 0.2) is 0 Å². The van der Waals surface area contributed by atoms with E-state index < -0.39 is 0 Å². The van der Waals surface area contributed by atoms with Crippen molar-refractivity contribution >= 4 is 29.6 Å². The lowest BCUT2D eigenvalue weighted by Gasteiger charge is -2.23. The molecule has 2 fully saturated rings. The van der Waals surface area contributed by atoms with Gasteiger partial charge in [0.2, 0.25) is 5.91 Å². The summed E-state index contributed by atoms with van der Waals surface area (Å²) in [7, 11) is 0. The van der Waals surface area contributed by atoms with E-state index in [2.05, 4.69) is 74.7 Å². The highest BCUT2D eigenvalue weighted by Gasteiger charge is 2.42. The number of urea groups is 1. The summed E-state index contributed by atoms with van der Waals surface area (Å²) in [4.78, 5) is 36.8. The van der Waals surface area contributed by atoms with Gasteiger partial charge in [0.25, 0.3) is 5.91 Å². The van der Waals surface area contributed by atoms with Gasteiger partial charge in [-0.3, -0.25) is 9.59 Å². The third kappa shape index (κ3) is 8.97. The van der Waals surface area contributed by atoms with E-state index in [1.165, 1.54) is 0 Å². The Balaban J connectivity index is 1.37. The number of unbranched alkanes of at least 4 members (excludes halogenated alkanes) is 1. The topological polar surface area (TPSA) is 99.3 Å². The van der Waals surface area contributed by atoms with Crippen molar-refractivity contribution in [3.8, 4) is 11.8 Å². The molecule has 2 aliphatic heterocycles. The number of thioether (sulfide) groups is 1. The molecule has 208 valence electrons. The monoisotopic (exact) mass is 540 g/mol. The fourth-order valence-electron chi connectivity index (χ4n) is 4.70. The number of hydrogen-bond acceptors (Lipinski definition) is 4. The molecule has 8 heteroatoms. The molecule has 1 aromatic carbocycles. The van der Waals surface area contributed by atoms with Gasteiger partial charge in [-0.1, -0.05) is 45.1 Å². The van der Waals surface area contributed by atoms with Gasteiger partial charge in [-0.25, -0.2) is 4.79 Å². The number of nitrogens with one attached hydrogen (secondary N) is 4. The average molecular weight is 541 g/mol. The molecule has 4 amide bonds. The number of hydrogen-bond donors (Lipinski definition) is 4. The van der Waals surface area contributed by atoms with Crippen LogP contribution in [0.15, 0.2) is 18.2 Å². The fraction of sp³-hybridized carbons (Fsp3) is 0.633. The lowest BCUT2D eigenvalue weighted by molar-refractivity contribution is -0.121. The predicted octanol–water partition coefficient (Wildman–Crippen LogP) is 4.34. The summed E-state index contributed by atoms with van der Waals surface area (Å²) in [5.74, 6) is 7.33. The van der Waals surface area contributed by atoms with Crippen molar-refractivity contribution in [1.29, 1.82) is 0 Å². The van der Waals surface area contributed by atoms with E-state index in [1.54, 1.807) is 0 Å². The normalized spacial score (nSPS) is 20.6. The zero-order valence-corrected chi connectivity index (χ0v) is 24.6. The second-order valence-corrected chi connectivity index (χ2v) is 13.6. The highest BCUT2D eigenvalue weighted by molar-refractivity contribution is 8.00. The van der Waals surface area contributed by atoms with Crippen LogP contribution in [0.5, 0.6) is 0 Å². The minimum Gasteiger partial charge on any atom is -0.356 e. The molecule has 3 unspecified atom stereocenters. The van der Waals surface area contributed by atoms with Crippen LogP contribution in [0.1, 0.15) is 95.1 Å². The molecule has 1 aromatic rings. The van der Waals surface area contributed by atoms with Crippen molar-refractivity contribution in [2.24, 2.45) is 5.41 Å². The molecule has 4 N–H and O–H groups in total. The van der Waals surface area contributed by atoms with Gasteiger partial charge in [0.1, 0.15) is 0 Å². The molecule has 0 radical (unpaired) electrons. The van der Waals surface area contributed by atoms with Crippen LogP contribution in [0.3, 0.4) is 0 Å². The fourth-order valence-corrected chi connectivity index (χ4v) is 6.24. The van der Waals surface area contributed by atoms with E-state index in [4.69, 9.17) is 0 Å². The van der Waals surface area contributed by atoms with Gasteiger partial charge in [-0.15, -0.1) is 0 Å². The van der Waals surface area contributed by atoms with E-state index in [0.29, 0.717) is 36.7 Å². The number of carbonyl (C=O) groups is 3. The summed E-state index contributed by atoms with van der Waals surface area (Å²) in [6.45, 7) is 13.5. The maximum absolute atomic E-state index is 13.1. The number of rotatable bonds is 10. The van der Waals surface area contributed by atoms with Crippen LogP contribution in [0.25, 0.3) is 0 Å². The Labute approximate surface area is 232 Å². The lowest BCUT2D eigenvalue weighted by atomic mass is 9.82. The Morgan fingerprint density at radius 3 is 2.47 bits per heavy atom.